The number of nitrogens with one attached hydrogen (secondary N) is 1. The molecular formula is C12H7BrClN. The van der Waals surface area contributed by atoms with E-state index in [0.717, 1.165) is 20.5 Å². The summed E-state index contributed by atoms with van der Waals surface area (Å²) in [4.78, 5) is 3.33. The van der Waals surface area contributed by atoms with E-state index in [4.69, 9.17) is 11.6 Å². The van der Waals surface area contributed by atoms with Crippen molar-refractivity contribution in [3.63, 3.8) is 0 Å². The molecule has 74 valence electrons. The minimum Gasteiger partial charge on any atom is -0.353 e. The summed E-state index contributed by atoms with van der Waals surface area (Å²) in [5.41, 5.74) is 2.11. The van der Waals surface area contributed by atoms with E-state index >= 15 is 0 Å². The van der Waals surface area contributed by atoms with Crippen LogP contribution in [0, 0.1) is 0 Å². The van der Waals surface area contributed by atoms with Crippen molar-refractivity contribution in [2.45, 2.75) is 0 Å². The van der Waals surface area contributed by atoms with Crippen molar-refractivity contribution in [3.8, 4) is 0 Å². The van der Waals surface area contributed by atoms with Crippen LogP contribution in [0.25, 0.3) is 21.8 Å². The number of aromatic nitrogens is 1. The number of para-hydroxylation sites is 1. The largest absolute Gasteiger partial charge is 0.353 e. The molecule has 1 heterocycles. The standard InChI is InChI=1S/C12H7BrClN/c13-9-6-5-8-7-3-1-2-4-10(7)15-12(8)11(9)14/h1-6,15H. The second-order valence-corrected chi connectivity index (χ2v) is 4.69. The van der Waals surface area contributed by atoms with Crippen molar-refractivity contribution < 1.29 is 0 Å². The molecule has 0 unspecified atom stereocenters. The third-order valence-electron chi connectivity index (χ3n) is 2.57. The van der Waals surface area contributed by atoms with Gasteiger partial charge in [0.25, 0.3) is 0 Å². The fourth-order valence-corrected chi connectivity index (χ4v) is 2.40. The van der Waals surface area contributed by atoms with Gasteiger partial charge in [0.05, 0.1) is 10.5 Å². The Kier molecular flexibility index (Phi) is 2.01. The molecule has 0 aliphatic heterocycles. The van der Waals surface area contributed by atoms with Crippen LogP contribution in [0.5, 0.6) is 0 Å². The maximum Gasteiger partial charge on any atom is 0.0789 e. The first-order valence-corrected chi connectivity index (χ1v) is 5.79. The van der Waals surface area contributed by atoms with E-state index in [2.05, 4.69) is 39.1 Å². The number of hydrogen-bond donors (Lipinski definition) is 1. The Bertz CT molecular complexity index is 657. The Morgan fingerprint density at radius 3 is 2.67 bits per heavy atom. The second-order valence-electron chi connectivity index (χ2n) is 3.45. The monoisotopic (exact) mass is 279 g/mol. The Morgan fingerprint density at radius 1 is 1.00 bits per heavy atom. The van der Waals surface area contributed by atoms with Crippen molar-refractivity contribution in [2.75, 3.05) is 0 Å². The van der Waals surface area contributed by atoms with Crippen LogP contribution in [0.4, 0.5) is 0 Å². The Labute approximate surface area is 100 Å². The maximum atomic E-state index is 6.22. The Balaban J connectivity index is 2.60. The van der Waals surface area contributed by atoms with Gasteiger partial charge < -0.3 is 4.98 Å². The lowest BCUT2D eigenvalue weighted by Crippen LogP contribution is -1.72. The van der Waals surface area contributed by atoms with Crippen molar-refractivity contribution in [1.29, 1.82) is 0 Å². The van der Waals surface area contributed by atoms with E-state index in [1.807, 2.05) is 18.2 Å². The molecule has 1 N–H and O–H groups in total. The SMILES string of the molecule is Clc1c(Br)ccc2c1[nH]c1ccccc12. The number of hydrogen-bond acceptors (Lipinski definition) is 0. The van der Waals surface area contributed by atoms with E-state index in [1.165, 1.54) is 10.8 Å². The summed E-state index contributed by atoms with van der Waals surface area (Å²) in [6.45, 7) is 0. The zero-order valence-corrected chi connectivity index (χ0v) is 10.1. The summed E-state index contributed by atoms with van der Waals surface area (Å²) < 4.78 is 0.920. The number of halogens is 2. The van der Waals surface area contributed by atoms with Gasteiger partial charge in [-0.2, -0.15) is 0 Å². The lowest BCUT2D eigenvalue weighted by Gasteiger charge is -1.96. The molecule has 2 aromatic carbocycles. The summed E-state index contributed by atoms with van der Waals surface area (Å²) in [6.07, 6.45) is 0. The first-order valence-electron chi connectivity index (χ1n) is 4.62. The average Bonchev–Trinajstić information content (AvgIpc) is 2.63. The van der Waals surface area contributed by atoms with Gasteiger partial charge in [-0.25, -0.2) is 0 Å². The fraction of sp³-hybridized carbons (Fsp3) is 0. The summed E-state index contributed by atoms with van der Waals surface area (Å²) in [7, 11) is 0. The van der Waals surface area contributed by atoms with Crippen molar-refractivity contribution in [3.05, 3.63) is 45.9 Å². The van der Waals surface area contributed by atoms with Gasteiger partial charge in [0.2, 0.25) is 0 Å². The van der Waals surface area contributed by atoms with E-state index in [-0.39, 0.29) is 0 Å². The highest BCUT2D eigenvalue weighted by Gasteiger charge is 2.08. The fourth-order valence-electron chi connectivity index (χ4n) is 1.86. The molecule has 0 radical (unpaired) electrons. The van der Waals surface area contributed by atoms with E-state index in [1.54, 1.807) is 0 Å². The van der Waals surface area contributed by atoms with Gasteiger partial charge in [0.1, 0.15) is 0 Å². The topological polar surface area (TPSA) is 15.8 Å². The molecule has 0 amide bonds. The molecular weight excluding hydrogens is 273 g/mol. The third-order valence-corrected chi connectivity index (χ3v) is 3.85. The second kappa shape index (κ2) is 3.26. The van der Waals surface area contributed by atoms with Crippen LogP contribution >= 0.6 is 27.5 Å². The zero-order chi connectivity index (χ0) is 10.4. The van der Waals surface area contributed by atoms with Crippen LogP contribution in [0.1, 0.15) is 0 Å². The molecule has 1 aromatic heterocycles. The van der Waals surface area contributed by atoms with Crippen LogP contribution in [0.3, 0.4) is 0 Å². The predicted octanol–water partition coefficient (Wildman–Crippen LogP) is 4.74. The smallest absolute Gasteiger partial charge is 0.0789 e. The minimum atomic E-state index is 0.740. The quantitative estimate of drug-likeness (QED) is 0.612. The van der Waals surface area contributed by atoms with Crippen molar-refractivity contribution >= 4 is 49.3 Å². The van der Waals surface area contributed by atoms with Gasteiger partial charge in [-0.3, -0.25) is 0 Å². The first kappa shape index (κ1) is 9.25. The normalized spacial score (nSPS) is 11.3. The molecule has 3 rings (SSSR count). The van der Waals surface area contributed by atoms with Gasteiger partial charge in [0, 0.05) is 20.8 Å². The third kappa shape index (κ3) is 1.29. The lowest BCUT2D eigenvalue weighted by atomic mass is 10.1. The van der Waals surface area contributed by atoms with Crippen LogP contribution in [0.15, 0.2) is 40.9 Å². The summed E-state index contributed by atoms with van der Waals surface area (Å²) >= 11 is 9.64. The summed E-state index contributed by atoms with van der Waals surface area (Å²) in [5.74, 6) is 0. The highest BCUT2D eigenvalue weighted by molar-refractivity contribution is 9.10. The number of rotatable bonds is 0. The van der Waals surface area contributed by atoms with Crippen LogP contribution in [-0.2, 0) is 0 Å². The molecule has 0 saturated carbocycles. The number of benzene rings is 2. The Hall–Kier alpha value is -0.990. The molecule has 0 fully saturated rings. The van der Waals surface area contributed by atoms with Gasteiger partial charge in [-0.1, -0.05) is 35.9 Å². The van der Waals surface area contributed by atoms with Crippen LogP contribution < -0.4 is 0 Å². The molecule has 15 heavy (non-hydrogen) atoms. The number of aromatic amines is 1. The van der Waals surface area contributed by atoms with E-state index < -0.39 is 0 Å². The molecule has 0 aliphatic rings. The highest BCUT2D eigenvalue weighted by atomic mass is 79.9. The van der Waals surface area contributed by atoms with Crippen LogP contribution in [0.2, 0.25) is 5.02 Å². The number of fused-ring (bicyclic) bond motifs is 3. The van der Waals surface area contributed by atoms with Crippen molar-refractivity contribution in [1.82, 2.24) is 4.98 Å². The molecule has 1 nitrogen and oxygen atoms in total. The summed E-state index contributed by atoms with van der Waals surface area (Å²) in [6, 6.07) is 12.2. The van der Waals surface area contributed by atoms with Crippen molar-refractivity contribution in [2.24, 2.45) is 0 Å². The van der Waals surface area contributed by atoms with Gasteiger partial charge in [-0.15, -0.1) is 0 Å². The molecule has 0 bridgehead atoms. The van der Waals surface area contributed by atoms with Gasteiger partial charge >= 0.3 is 0 Å². The molecule has 0 aliphatic carbocycles. The zero-order valence-electron chi connectivity index (χ0n) is 7.72. The number of H-pyrrole nitrogens is 1. The Morgan fingerprint density at radius 2 is 1.80 bits per heavy atom. The van der Waals surface area contributed by atoms with E-state index in [9.17, 15) is 0 Å². The molecule has 0 atom stereocenters. The maximum absolute atomic E-state index is 6.22. The van der Waals surface area contributed by atoms with Crippen LogP contribution in [-0.4, -0.2) is 4.98 Å². The van der Waals surface area contributed by atoms with E-state index in [0.29, 0.717) is 0 Å². The van der Waals surface area contributed by atoms with Gasteiger partial charge in [-0.05, 0) is 28.1 Å². The summed E-state index contributed by atoms with van der Waals surface area (Å²) in [5, 5.41) is 3.12. The highest BCUT2D eigenvalue weighted by Crippen LogP contribution is 2.34. The van der Waals surface area contributed by atoms with Gasteiger partial charge in [0.15, 0.2) is 0 Å². The molecule has 0 saturated heterocycles. The predicted molar refractivity (Wildman–Crippen MR) is 68.5 cm³/mol. The molecule has 3 aromatic rings. The first-order chi connectivity index (χ1) is 7.27. The minimum absolute atomic E-state index is 0.740. The average molecular weight is 281 g/mol. The molecule has 3 heteroatoms. The lowest BCUT2D eigenvalue weighted by molar-refractivity contribution is 1.54. The molecule has 0 spiro atoms.